The number of aromatic nitrogens is 2. The number of fused-ring (bicyclic) bond motifs is 2. The molecule has 2 saturated heterocycles. The Hall–Kier alpha value is -3.90. The smallest absolute Gasteiger partial charge is 0.412 e. The van der Waals surface area contributed by atoms with Gasteiger partial charge in [-0.1, -0.05) is 35.9 Å². The number of benzene rings is 2. The maximum atomic E-state index is 15.1. The van der Waals surface area contributed by atoms with Crippen LogP contribution in [0.25, 0.3) is 0 Å². The Morgan fingerprint density at radius 1 is 1.22 bits per heavy atom. The molecule has 0 aliphatic carbocycles. The van der Waals surface area contributed by atoms with Crippen molar-refractivity contribution in [1.29, 1.82) is 0 Å². The van der Waals surface area contributed by atoms with Crippen molar-refractivity contribution in [3.8, 4) is 0 Å². The molecule has 0 unspecified atom stereocenters. The second-order valence-corrected chi connectivity index (χ2v) is 11.1. The Bertz CT molecular complexity index is 1520. The first-order chi connectivity index (χ1) is 19.5. The Morgan fingerprint density at radius 2 is 2.00 bits per heavy atom. The molecule has 13 heteroatoms. The fourth-order valence-electron chi connectivity index (χ4n) is 5.86. The molecule has 2 fully saturated rings. The van der Waals surface area contributed by atoms with E-state index in [-0.39, 0.29) is 60.6 Å². The highest BCUT2D eigenvalue weighted by Crippen LogP contribution is 2.46. The van der Waals surface area contributed by atoms with Crippen LogP contribution in [0.5, 0.6) is 0 Å². The van der Waals surface area contributed by atoms with Crippen LogP contribution in [0.3, 0.4) is 0 Å². The number of nitrogens with one attached hydrogen (secondary N) is 2. The molecule has 3 aliphatic heterocycles. The third-order valence-corrected chi connectivity index (χ3v) is 8.15. The summed E-state index contributed by atoms with van der Waals surface area (Å²) in [4.78, 5) is 28.6. The molecule has 1 spiro atoms. The fraction of sp³-hybridized carbons (Fsp3) is 0.357. The van der Waals surface area contributed by atoms with Gasteiger partial charge in [0.05, 0.1) is 41.1 Å². The van der Waals surface area contributed by atoms with E-state index >= 15 is 4.39 Å². The number of hydrogen-bond acceptors (Lipinski definition) is 7. The summed E-state index contributed by atoms with van der Waals surface area (Å²) >= 11 is 6.03. The summed E-state index contributed by atoms with van der Waals surface area (Å²) in [5.41, 5.74) is 1.07. The van der Waals surface area contributed by atoms with Crippen LogP contribution in [0.15, 0.2) is 48.7 Å². The molecule has 0 saturated carbocycles. The largest absolute Gasteiger partial charge is 0.436 e. The number of anilines is 2. The van der Waals surface area contributed by atoms with Gasteiger partial charge in [-0.2, -0.15) is 5.10 Å². The predicted octanol–water partition coefficient (Wildman–Crippen LogP) is 4.88. The van der Waals surface area contributed by atoms with E-state index in [2.05, 4.69) is 20.8 Å². The Labute approximate surface area is 238 Å². The molecule has 214 valence electrons. The summed E-state index contributed by atoms with van der Waals surface area (Å²) < 4.78 is 48.2. The van der Waals surface area contributed by atoms with Gasteiger partial charge in [0.2, 0.25) is 0 Å². The first-order valence-corrected chi connectivity index (χ1v) is 13.4. The maximum Gasteiger partial charge on any atom is 0.412 e. The Kier molecular flexibility index (Phi) is 6.77. The van der Waals surface area contributed by atoms with Crippen LogP contribution in [0.1, 0.15) is 45.9 Å². The molecule has 2 aromatic carbocycles. The molecule has 0 radical (unpaired) electrons. The molecular weight excluding hydrogens is 561 g/mol. The molecule has 1 aromatic heterocycles. The maximum absolute atomic E-state index is 15.1. The monoisotopic (exact) mass is 586 g/mol. The molecule has 41 heavy (non-hydrogen) atoms. The van der Waals surface area contributed by atoms with Gasteiger partial charge in [-0.15, -0.1) is 5.10 Å². The van der Waals surface area contributed by atoms with E-state index in [1.165, 1.54) is 18.3 Å². The number of carbonyl (C=O) groups excluding carboxylic acids is 2. The molecule has 4 heterocycles. The van der Waals surface area contributed by atoms with E-state index in [1.54, 1.807) is 35.0 Å². The van der Waals surface area contributed by atoms with Gasteiger partial charge < -0.3 is 15.0 Å². The van der Waals surface area contributed by atoms with Crippen LogP contribution in [-0.2, 0) is 16.9 Å². The Morgan fingerprint density at radius 3 is 2.73 bits per heavy atom. The van der Waals surface area contributed by atoms with Crippen LogP contribution >= 0.6 is 11.6 Å². The Balaban J connectivity index is 1.13. The van der Waals surface area contributed by atoms with Crippen LogP contribution < -0.4 is 15.5 Å². The number of carbonyl (C=O) groups is 2. The van der Waals surface area contributed by atoms with Crippen molar-refractivity contribution in [2.45, 2.75) is 37.0 Å². The zero-order valence-electron chi connectivity index (χ0n) is 22.0. The van der Waals surface area contributed by atoms with Gasteiger partial charge in [-0.3, -0.25) is 15.0 Å². The molecule has 2 N–H and O–H groups in total. The van der Waals surface area contributed by atoms with Crippen LogP contribution in [0.4, 0.5) is 29.5 Å². The highest BCUT2D eigenvalue weighted by molar-refractivity contribution is 6.31. The summed E-state index contributed by atoms with van der Waals surface area (Å²) in [6.45, 7) is 0.419. The number of hydrogen-bond donors (Lipinski definition) is 2. The van der Waals surface area contributed by atoms with Gasteiger partial charge in [0, 0.05) is 32.0 Å². The first kappa shape index (κ1) is 27.3. The van der Waals surface area contributed by atoms with Gasteiger partial charge in [0.1, 0.15) is 0 Å². The molecule has 9 nitrogen and oxygen atoms in total. The molecule has 2 amide bonds. The van der Waals surface area contributed by atoms with E-state index in [0.29, 0.717) is 18.1 Å². The van der Waals surface area contributed by atoms with Crippen molar-refractivity contribution in [2.24, 2.45) is 0 Å². The topological polar surface area (TPSA) is 99.7 Å². The lowest BCUT2D eigenvalue weighted by molar-refractivity contribution is 0.0140. The summed E-state index contributed by atoms with van der Waals surface area (Å²) in [5, 5.41) is 13.4. The minimum absolute atomic E-state index is 0.0816. The quantitative estimate of drug-likeness (QED) is 0.440. The minimum atomic E-state index is -2.70. The van der Waals surface area contributed by atoms with E-state index in [0.717, 1.165) is 11.1 Å². The molecule has 3 aromatic rings. The second-order valence-electron chi connectivity index (χ2n) is 10.7. The summed E-state index contributed by atoms with van der Waals surface area (Å²) in [6.07, 6.45) is 0.710. The molecular formula is C28H26ClF3N6O3. The molecule has 0 bridgehead atoms. The molecule has 3 aliphatic rings. The fourth-order valence-corrected chi connectivity index (χ4v) is 6.01. The second kappa shape index (κ2) is 10.2. The van der Waals surface area contributed by atoms with E-state index < -0.39 is 23.4 Å². The predicted molar refractivity (Wildman–Crippen MR) is 145 cm³/mol. The standard InChI is InChI=1S/C28H26ClF3N6O3/c1-37-15-28(31,32)11-21(37)17-4-2-16(3-5-17)12-33-25(39)18-10-22(36-34-13-18)38-9-8-27(14-38)23-20(35-26(40)41-27)7-6-19(29)24(23)30/h2-7,10,13,21H,8-9,11-12,14-15H2,1H3,(H,33,39)(H,35,40)/t21-,27+/m0/s1. The lowest BCUT2D eigenvalue weighted by Gasteiger charge is -2.35. The van der Waals surface area contributed by atoms with Crippen molar-refractivity contribution >= 4 is 35.1 Å². The van der Waals surface area contributed by atoms with Crippen LogP contribution in [-0.4, -0.2) is 59.7 Å². The number of likely N-dealkylation sites (tertiary alicyclic amines) is 1. The minimum Gasteiger partial charge on any atom is -0.436 e. The van der Waals surface area contributed by atoms with Gasteiger partial charge >= 0.3 is 6.09 Å². The highest BCUT2D eigenvalue weighted by atomic mass is 35.5. The molecule has 2 atom stereocenters. The van der Waals surface area contributed by atoms with E-state index in [1.807, 2.05) is 12.1 Å². The number of rotatable bonds is 5. The van der Waals surface area contributed by atoms with Gasteiger partial charge in [-0.05, 0) is 36.4 Å². The number of amides is 2. The van der Waals surface area contributed by atoms with Crippen LogP contribution in [0, 0.1) is 5.82 Å². The van der Waals surface area contributed by atoms with Gasteiger partial charge in [-0.25, -0.2) is 18.0 Å². The van der Waals surface area contributed by atoms with E-state index in [4.69, 9.17) is 16.3 Å². The zero-order valence-corrected chi connectivity index (χ0v) is 22.7. The summed E-state index contributed by atoms with van der Waals surface area (Å²) in [5.74, 6) is -3.38. The highest BCUT2D eigenvalue weighted by Gasteiger charge is 2.50. The summed E-state index contributed by atoms with van der Waals surface area (Å²) in [6, 6.07) is 11.4. The third kappa shape index (κ3) is 5.17. The van der Waals surface area contributed by atoms with Crippen molar-refractivity contribution in [1.82, 2.24) is 20.4 Å². The van der Waals surface area contributed by atoms with Crippen molar-refractivity contribution in [3.63, 3.8) is 0 Å². The number of alkyl halides is 2. The average Bonchev–Trinajstić information content (AvgIpc) is 3.48. The SMILES string of the molecule is CN1CC(F)(F)C[C@H]1c1ccc(CNC(=O)c2cnnc(N3CC[C@]4(C3)OC(=O)Nc3ccc(Cl)c(F)c34)c2)cc1. The van der Waals surface area contributed by atoms with Crippen molar-refractivity contribution in [2.75, 3.05) is 36.9 Å². The van der Waals surface area contributed by atoms with Gasteiger partial charge in [0.25, 0.3) is 11.8 Å². The van der Waals surface area contributed by atoms with Gasteiger partial charge in [0.15, 0.2) is 17.2 Å². The number of nitrogens with zero attached hydrogens (tertiary/aromatic N) is 4. The normalized spacial score (nSPS) is 23.3. The third-order valence-electron chi connectivity index (χ3n) is 7.86. The molecule has 6 rings (SSSR count). The lowest BCUT2D eigenvalue weighted by Crippen LogP contribution is -2.42. The van der Waals surface area contributed by atoms with Crippen molar-refractivity contribution < 1.29 is 27.5 Å². The number of halogens is 4. The summed E-state index contributed by atoms with van der Waals surface area (Å²) in [7, 11) is 1.68. The number of ether oxygens (including phenoxy) is 1. The first-order valence-electron chi connectivity index (χ1n) is 13.0. The lowest BCUT2D eigenvalue weighted by atomic mass is 9.89. The zero-order chi connectivity index (χ0) is 28.9. The van der Waals surface area contributed by atoms with Crippen molar-refractivity contribution in [3.05, 3.63) is 81.8 Å². The van der Waals surface area contributed by atoms with Crippen LogP contribution in [0.2, 0.25) is 5.02 Å². The van der Waals surface area contributed by atoms with E-state index in [9.17, 15) is 18.4 Å². The average molecular weight is 587 g/mol.